The summed E-state index contributed by atoms with van der Waals surface area (Å²) < 4.78 is 0. The molecule has 0 aliphatic rings. The highest BCUT2D eigenvalue weighted by Crippen LogP contribution is 2.17. The standard InChI is InChI=1S/C14H17N3/c1-10-3-4-12(7-11(10)2)8-14(15)13-5-6-16-17-9-13/h3-7,9,14H,8,15H2,1-2H3. The summed E-state index contributed by atoms with van der Waals surface area (Å²) in [5, 5.41) is 7.60. The highest BCUT2D eigenvalue weighted by Gasteiger charge is 2.07. The Kier molecular flexibility index (Phi) is 3.49. The van der Waals surface area contributed by atoms with E-state index in [9.17, 15) is 0 Å². The highest BCUT2D eigenvalue weighted by molar-refractivity contribution is 5.31. The predicted molar refractivity (Wildman–Crippen MR) is 68.6 cm³/mol. The molecule has 2 N–H and O–H groups in total. The second-order valence-electron chi connectivity index (χ2n) is 4.41. The van der Waals surface area contributed by atoms with Gasteiger partial charge < -0.3 is 5.73 Å². The molecular weight excluding hydrogens is 210 g/mol. The van der Waals surface area contributed by atoms with E-state index in [0.717, 1.165) is 12.0 Å². The van der Waals surface area contributed by atoms with Crippen LogP contribution in [0.25, 0.3) is 0 Å². The summed E-state index contributed by atoms with van der Waals surface area (Å²) in [6.07, 6.45) is 4.23. The number of hydrogen-bond acceptors (Lipinski definition) is 3. The molecule has 0 saturated carbocycles. The van der Waals surface area contributed by atoms with Gasteiger partial charge in [-0.3, -0.25) is 0 Å². The van der Waals surface area contributed by atoms with Crippen LogP contribution in [0.5, 0.6) is 0 Å². The van der Waals surface area contributed by atoms with Crippen LogP contribution >= 0.6 is 0 Å². The summed E-state index contributed by atoms with van der Waals surface area (Å²) in [6, 6.07) is 8.37. The van der Waals surface area contributed by atoms with Gasteiger partial charge in [0.1, 0.15) is 0 Å². The molecule has 1 aromatic heterocycles. The zero-order valence-electron chi connectivity index (χ0n) is 10.2. The summed E-state index contributed by atoms with van der Waals surface area (Å²) in [6.45, 7) is 4.24. The van der Waals surface area contributed by atoms with E-state index in [1.54, 1.807) is 12.4 Å². The summed E-state index contributed by atoms with van der Waals surface area (Å²) in [4.78, 5) is 0. The minimum Gasteiger partial charge on any atom is -0.324 e. The zero-order valence-corrected chi connectivity index (χ0v) is 10.2. The lowest BCUT2D eigenvalue weighted by molar-refractivity contribution is 0.712. The first kappa shape index (κ1) is 11.7. The Morgan fingerprint density at radius 3 is 2.59 bits per heavy atom. The minimum absolute atomic E-state index is 0.0207. The second kappa shape index (κ2) is 5.06. The fourth-order valence-corrected chi connectivity index (χ4v) is 1.82. The third-order valence-corrected chi connectivity index (χ3v) is 3.06. The first-order chi connectivity index (χ1) is 8.16. The number of rotatable bonds is 3. The molecule has 0 radical (unpaired) electrons. The number of hydrogen-bond donors (Lipinski definition) is 1. The normalized spacial score (nSPS) is 12.4. The summed E-state index contributed by atoms with van der Waals surface area (Å²) >= 11 is 0. The van der Waals surface area contributed by atoms with Crippen LogP contribution in [0.2, 0.25) is 0 Å². The molecule has 0 aliphatic carbocycles. The Morgan fingerprint density at radius 2 is 1.94 bits per heavy atom. The molecule has 1 aromatic carbocycles. The van der Waals surface area contributed by atoms with Crippen molar-refractivity contribution in [2.45, 2.75) is 26.3 Å². The minimum atomic E-state index is -0.0207. The average molecular weight is 227 g/mol. The average Bonchev–Trinajstić information content (AvgIpc) is 2.35. The van der Waals surface area contributed by atoms with Gasteiger partial charge in [-0.25, -0.2) is 0 Å². The third kappa shape index (κ3) is 2.88. The van der Waals surface area contributed by atoms with Crippen LogP contribution in [-0.4, -0.2) is 10.2 Å². The molecule has 2 aromatic rings. The summed E-state index contributed by atoms with van der Waals surface area (Å²) in [5.41, 5.74) is 11.1. The molecule has 3 nitrogen and oxygen atoms in total. The van der Waals surface area contributed by atoms with Gasteiger partial charge in [-0.2, -0.15) is 10.2 Å². The molecule has 2 rings (SSSR count). The lowest BCUT2D eigenvalue weighted by Gasteiger charge is -2.12. The van der Waals surface area contributed by atoms with Crippen molar-refractivity contribution >= 4 is 0 Å². The van der Waals surface area contributed by atoms with Crippen molar-refractivity contribution in [2.75, 3.05) is 0 Å². The Balaban J connectivity index is 2.13. The fraction of sp³-hybridized carbons (Fsp3) is 0.286. The van der Waals surface area contributed by atoms with E-state index in [1.807, 2.05) is 6.07 Å². The van der Waals surface area contributed by atoms with E-state index in [2.05, 4.69) is 42.2 Å². The second-order valence-corrected chi connectivity index (χ2v) is 4.41. The smallest absolute Gasteiger partial charge is 0.0544 e. The molecule has 0 aliphatic heterocycles. The number of aromatic nitrogens is 2. The molecule has 1 unspecified atom stereocenters. The molecule has 1 atom stereocenters. The molecule has 88 valence electrons. The van der Waals surface area contributed by atoms with Crippen molar-refractivity contribution in [3.8, 4) is 0 Å². The largest absolute Gasteiger partial charge is 0.324 e. The predicted octanol–water partition coefficient (Wildman–Crippen LogP) is 2.34. The maximum atomic E-state index is 6.15. The van der Waals surface area contributed by atoms with Crippen molar-refractivity contribution < 1.29 is 0 Å². The van der Waals surface area contributed by atoms with Crippen molar-refractivity contribution in [3.05, 3.63) is 58.9 Å². The van der Waals surface area contributed by atoms with Crippen LogP contribution < -0.4 is 5.73 Å². The van der Waals surface area contributed by atoms with Crippen molar-refractivity contribution in [1.29, 1.82) is 0 Å². The molecule has 0 fully saturated rings. The highest BCUT2D eigenvalue weighted by atomic mass is 15.1. The summed E-state index contributed by atoms with van der Waals surface area (Å²) in [5.74, 6) is 0. The molecule has 0 spiro atoms. The summed E-state index contributed by atoms with van der Waals surface area (Å²) in [7, 11) is 0. The molecule has 0 amide bonds. The van der Waals surface area contributed by atoms with Crippen LogP contribution in [0.15, 0.2) is 36.7 Å². The van der Waals surface area contributed by atoms with Gasteiger partial charge in [0, 0.05) is 12.2 Å². The van der Waals surface area contributed by atoms with Gasteiger partial charge >= 0.3 is 0 Å². The van der Waals surface area contributed by atoms with E-state index in [0.29, 0.717) is 0 Å². The number of benzene rings is 1. The topological polar surface area (TPSA) is 51.8 Å². The van der Waals surface area contributed by atoms with Gasteiger partial charge in [0.15, 0.2) is 0 Å². The fourth-order valence-electron chi connectivity index (χ4n) is 1.82. The molecule has 17 heavy (non-hydrogen) atoms. The SMILES string of the molecule is Cc1ccc(CC(N)c2ccnnc2)cc1C. The van der Waals surface area contributed by atoms with E-state index in [4.69, 9.17) is 5.73 Å². The van der Waals surface area contributed by atoms with E-state index in [-0.39, 0.29) is 6.04 Å². The van der Waals surface area contributed by atoms with E-state index >= 15 is 0 Å². The zero-order chi connectivity index (χ0) is 12.3. The first-order valence-electron chi connectivity index (χ1n) is 5.75. The van der Waals surface area contributed by atoms with Crippen LogP contribution in [-0.2, 0) is 6.42 Å². The lowest BCUT2D eigenvalue weighted by atomic mass is 9.98. The van der Waals surface area contributed by atoms with Crippen LogP contribution in [0.4, 0.5) is 0 Å². The molecular formula is C14H17N3. The van der Waals surface area contributed by atoms with Crippen molar-refractivity contribution in [3.63, 3.8) is 0 Å². The Hall–Kier alpha value is -1.74. The maximum Gasteiger partial charge on any atom is 0.0544 e. The van der Waals surface area contributed by atoms with Crippen molar-refractivity contribution in [1.82, 2.24) is 10.2 Å². The van der Waals surface area contributed by atoms with Gasteiger partial charge in [-0.1, -0.05) is 18.2 Å². The monoisotopic (exact) mass is 227 g/mol. The van der Waals surface area contributed by atoms with Crippen LogP contribution in [0, 0.1) is 13.8 Å². The van der Waals surface area contributed by atoms with E-state index < -0.39 is 0 Å². The van der Waals surface area contributed by atoms with Gasteiger partial charge in [-0.05, 0) is 48.6 Å². The number of nitrogens with two attached hydrogens (primary N) is 1. The Bertz CT molecular complexity index is 494. The first-order valence-corrected chi connectivity index (χ1v) is 5.75. The molecule has 0 bridgehead atoms. The van der Waals surface area contributed by atoms with E-state index in [1.165, 1.54) is 16.7 Å². The van der Waals surface area contributed by atoms with Gasteiger partial charge in [0.2, 0.25) is 0 Å². The maximum absolute atomic E-state index is 6.15. The van der Waals surface area contributed by atoms with Gasteiger partial charge in [0.05, 0.1) is 6.20 Å². The quantitative estimate of drug-likeness (QED) is 0.875. The Labute approximate surface area is 102 Å². The van der Waals surface area contributed by atoms with Crippen LogP contribution in [0.3, 0.4) is 0 Å². The molecule has 1 heterocycles. The molecule has 3 heteroatoms. The van der Waals surface area contributed by atoms with Gasteiger partial charge in [0.25, 0.3) is 0 Å². The van der Waals surface area contributed by atoms with Crippen LogP contribution in [0.1, 0.15) is 28.3 Å². The van der Waals surface area contributed by atoms with Crippen molar-refractivity contribution in [2.24, 2.45) is 5.73 Å². The van der Waals surface area contributed by atoms with Gasteiger partial charge in [-0.15, -0.1) is 0 Å². The molecule has 0 saturated heterocycles. The Morgan fingerprint density at radius 1 is 1.12 bits per heavy atom. The number of aryl methyl sites for hydroxylation is 2. The lowest BCUT2D eigenvalue weighted by Crippen LogP contribution is -2.13. The third-order valence-electron chi connectivity index (χ3n) is 3.06. The number of nitrogens with zero attached hydrogens (tertiary/aromatic N) is 2.